The van der Waals surface area contributed by atoms with Gasteiger partial charge in [-0.25, -0.2) is 4.79 Å². The lowest BCUT2D eigenvalue weighted by atomic mass is 9.72. The van der Waals surface area contributed by atoms with Crippen LogP contribution in [0.5, 0.6) is 11.5 Å². The lowest BCUT2D eigenvalue weighted by Crippen LogP contribution is -2.47. The number of nitrogens with zero attached hydrogens (tertiary/aromatic N) is 2. The monoisotopic (exact) mass is 598 g/mol. The molecular formula is C33H34ClF3N2O3. The first-order valence-electron chi connectivity index (χ1n) is 14.0. The molecule has 9 heteroatoms. The van der Waals surface area contributed by atoms with Crippen molar-refractivity contribution < 1.29 is 27.8 Å². The molecule has 1 heterocycles. The van der Waals surface area contributed by atoms with Crippen LogP contribution in [0.15, 0.2) is 72.3 Å². The zero-order valence-electron chi connectivity index (χ0n) is 23.7. The van der Waals surface area contributed by atoms with E-state index in [1.807, 2.05) is 12.1 Å². The first kappa shape index (κ1) is 30.0. The Balaban J connectivity index is 1.30. The highest BCUT2D eigenvalue weighted by Gasteiger charge is 2.31. The highest BCUT2D eigenvalue weighted by atomic mass is 35.5. The van der Waals surface area contributed by atoms with Crippen LogP contribution in [0, 0.1) is 5.41 Å². The molecule has 222 valence electrons. The summed E-state index contributed by atoms with van der Waals surface area (Å²) in [6.07, 6.45) is -1.31. The van der Waals surface area contributed by atoms with E-state index in [4.69, 9.17) is 16.3 Å². The molecule has 3 aromatic carbocycles. The van der Waals surface area contributed by atoms with E-state index in [9.17, 15) is 23.1 Å². The Hall–Kier alpha value is -3.49. The molecule has 1 aliphatic carbocycles. The molecule has 42 heavy (non-hydrogen) atoms. The van der Waals surface area contributed by atoms with Crippen LogP contribution in [0.1, 0.15) is 54.6 Å². The van der Waals surface area contributed by atoms with Gasteiger partial charge in [0.1, 0.15) is 17.1 Å². The number of allylic oxidation sites excluding steroid dienone is 1. The van der Waals surface area contributed by atoms with Crippen LogP contribution in [-0.2, 0) is 6.18 Å². The molecule has 0 bridgehead atoms. The van der Waals surface area contributed by atoms with Crippen molar-refractivity contribution in [3.05, 3.63) is 94.0 Å². The summed E-state index contributed by atoms with van der Waals surface area (Å²) in [5.74, 6) is -1.28. The number of carbonyl (C=O) groups is 1. The number of ether oxygens (including phenoxy) is 1. The Labute approximate surface area is 249 Å². The quantitative estimate of drug-likeness (QED) is 0.295. The van der Waals surface area contributed by atoms with Gasteiger partial charge in [-0.1, -0.05) is 49.2 Å². The van der Waals surface area contributed by atoms with E-state index in [1.54, 1.807) is 12.1 Å². The van der Waals surface area contributed by atoms with Crippen LogP contribution in [0.2, 0.25) is 5.02 Å². The largest absolute Gasteiger partial charge is 0.478 e. The summed E-state index contributed by atoms with van der Waals surface area (Å²) in [7, 11) is 0. The minimum absolute atomic E-state index is 0.00402. The SMILES string of the molecule is CC1(C)CCC(CN2CCN(c3ccc(C(=O)O)c(Oc4cccc(C(F)(F)F)c4)c3)CC2)=C(c2ccc(Cl)cc2)C1. The van der Waals surface area contributed by atoms with Gasteiger partial charge in [-0.2, -0.15) is 13.2 Å². The van der Waals surface area contributed by atoms with Crippen molar-refractivity contribution in [3.63, 3.8) is 0 Å². The van der Waals surface area contributed by atoms with Crippen LogP contribution in [-0.4, -0.2) is 48.7 Å². The predicted octanol–water partition coefficient (Wildman–Crippen LogP) is 8.64. The van der Waals surface area contributed by atoms with Crippen molar-refractivity contribution in [2.24, 2.45) is 5.41 Å². The van der Waals surface area contributed by atoms with Gasteiger partial charge < -0.3 is 14.7 Å². The summed E-state index contributed by atoms with van der Waals surface area (Å²) < 4.78 is 45.3. The van der Waals surface area contributed by atoms with Crippen LogP contribution < -0.4 is 9.64 Å². The predicted molar refractivity (Wildman–Crippen MR) is 160 cm³/mol. The average molecular weight is 599 g/mol. The zero-order chi connectivity index (χ0) is 30.1. The molecule has 5 nitrogen and oxygen atoms in total. The van der Waals surface area contributed by atoms with E-state index < -0.39 is 17.7 Å². The van der Waals surface area contributed by atoms with E-state index in [-0.39, 0.29) is 22.5 Å². The Kier molecular flexibility index (Phi) is 8.58. The average Bonchev–Trinajstić information content (AvgIpc) is 2.94. The maximum absolute atomic E-state index is 13.2. The first-order valence-corrected chi connectivity index (χ1v) is 14.4. The fraction of sp³-hybridized carbons (Fsp3) is 0.364. The van der Waals surface area contributed by atoms with Crippen LogP contribution in [0.25, 0.3) is 5.57 Å². The highest BCUT2D eigenvalue weighted by molar-refractivity contribution is 6.30. The fourth-order valence-corrected chi connectivity index (χ4v) is 5.86. The Bertz CT molecular complexity index is 1480. The molecule has 0 amide bonds. The normalized spacial score (nSPS) is 17.8. The second-order valence-electron chi connectivity index (χ2n) is 11.8. The Morgan fingerprint density at radius 3 is 2.38 bits per heavy atom. The highest BCUT2D eigenvalue weighted by Crippen LogP contribution is 2.43. The molecule has 0 unspecified atom stereocenters. The number of rotatable bonds is 7. The lowest BCUT2D eigenvalue weighted by Gasteiger charge is -2.39. The lowest BCUT2D eigenvalue weighted by molar-refractivity contribution is -0.137. The molecule has 1 aliphatic heterocycles. The van der Waals surface area contributed by atoms with Gasteiger partial charge in [-0.3, -0.25) is 4.90 Å². The van der Waals surface area contributed by atoms with E-state index in [2.05, 4.69) is 35.8 Å². The Morgan fingerprint density at radius 2 is 1.71 bits per heavy atom. The first-order chi connectivity index (χ1) is 19.9. The summed E-state index contributed by atoms with van der Waals surface area (Å²) in [4.78, 5) is 16.5. The number of carboxylic acids is 1. The summed E-state index contributed by atoms with van der Waals surface area (Å²) in [5.41, 5.74) is 4.14. The molecule has 0 aromatic heterocycles. The molecule has 0 spiro atoms. The number of hydrogen-bond acceptors (Lipinski definition) is 4. The number of piperazine rings is 1. The maximum Gasteiger partial charge on any atom is 0.416 e. The maximum atomic E-state index is 13.2. The third-order valence-corrected chi connectivity index (χ3v) is 8.37. The van der Waals surface area contributed by atoms with Crippen molar-refractivity contribution in [1.29, 1.82) is 0 Å². The number of halogens is 4. The number of benzene rings is 3. The number of aromatic carboxylic acids is 1. The molecule has 1 fully saturated rings. The second-order valence-corrected chi connectivity index (χ2v) is 12.2. The topological polar surface area (TPSA) is 53.0 Å². The van der Waals surface area contributed by atoms with E-state index >= 15 is 0 Å². The van der Waals surface area contributed by atoms with Crippen molar-refractivity contribution in [2.45, 2.75) is 39.3 Å². The number of carboxylic acid groups (broad SMARTS) is 1. The van der Waals surface area contributed by atoms with Gasteiger partial charge in [0.2, 0.25) is 0 Å². The minimum atomic E-state index is -4.53. The zero-order valence-corrected chi connectivity index (χ0v) is 24.4. The van der Waals surface area contributed by atoms with Gasteiger partial charge in [0.05, 0.1) is 5.56 Å². The third kappa shape index (κ3) is 7.10. The minimum Gasteiger partial charge on any atom is -0.478 e. The van der Waals surface area contributed by atoms with Crippen LogP contribution in [0.3, 0.4) is 0 Å². The second kappa shape index (κ2) is 12.0. The van der Waals surface area contributed by atoms with Crippen molar-refractivity contribution >= 4 is 28.8 Å². The summed E-state index contributed by atoms with van der Waals surface area (Å²) in [5, 5.41) is 10.4. The molecule has 5 rings (SSSR count). The molecule has 0 radical (unpaired) electrons. The van der Waals surface area contributed by atoms with Gasteiger partial charge in [-0.05, 0) is 78.3 Å². The molecule has 3 aromatic rings. The smallest absolute Gasteiger partial charge is 0.416 e. The van der Waals surface area contributed by atoms with E-state index in [0.717, 1.165) is 74.8 Å². The van der Waals surface area contributed by atoms with E-state index in [1.165, 1.54) is 34.9 Å². The summed E-state index contributed by atoms with van der Waals surface area (Å²) >= 11 is 6.15. The molecular weight excluding hydrogens is 565 g/mol. The molecule has 0 atom stereocenters. The Morgan fingerprint density at radius 1 is 1.00 bits per heavy atom. The molecule has 1 N–H and O–H groups in total. The molecule has 1 saturated heterocycles. The molecule has 2 aliphatic rings. The van der Waals surface area contributed by atoms with Gasteiger partial charge in [-0.15, -0.1) is 0 Å². The van der Waals surface area contributed by atoms with Crippen molar-refractivity contribution in [1.82, 2.24) is 4.90 Å². The van der Waals surface area contributed by atoms with Crippen molar-refractivity contribution in [2.75, 3.05) is 37.6 Å². The number of anilines is 1. The van der Waals surface area contributed by atoms with Crippen molar-refractivity contribution in [3.8, 4) is 11.5 Å². The van der Waals surface area contributed by atoms with Gasteiger partial charge >= 0.3 is 12.1 Å². The fourth-order valence-electron chi connectivity index (χ4n) is 5.73. The molecule has 0 saturated carbocycles. The third-order valence-electron chi connectivity index (χ3n) is 8.12. The number of alkyl halides is 3. The summed E-state index contributed by atoms with van der Waals surface area (Å²) in [6.45, 7) is 8.63. The summed E-state index contributed by atoms with van der Waals surface area (Å²) in [6, 6.07) is 17.3. The standard InChI is InChI=1S/C33H34ClF3N2O3/c1-32(2)13-12-23(29(20-32)22-6-8-25(34)9-7-22)21-38-14-16-39(17-15-38)26-10-11-28(31(40)41)30(19-26)42-27-5-3-4-24(18-27)33(35,36)37/h3-11,18-19H,12-17,20-21H2,1-2H3,(H,40,41). The van der Waals surface area contributed by atoms with Gasteiger partial charge in [0, 0.05) is 49.5 Å². The van der Waals surface area contributed by atoms with Crippen LogP contribution >= 0.6 is 11.6 Å². The van der Waals surface area contributed by atoms with E-state index in [0.29, 0.717) is 0 Å². The van der Waals surface area contributed by atoms with Gasteiger partial charge in [0.15, 0.2) is 0 Å². The van der Waals surface area contributed by atoms with Gasteiger partial charge in [0.25, 0.3) is 0 Å². The van der Waals surface area contributed by atoms with Crippen LogP contribution in [0.4, 0.5) is 18.9 Å². The number of hydrogen-bond donors (Lipinski definition) is 1.